The maximum atomic E-state index is 12.6. The highest BCUT2D eigenvalue weighted by atomic mass is 16.6. The average molecular weight is 443 g/mol. The van der Waals surface area contributed by atoms with Crippen molar-refractivity contribution < 1.29 is 19.4 Å². The van der Waals surface area contributed by atoms with E-state index in [1.54, 1.807) is 20.0 Å². The van der Waals surface area contributed by atoms with Gasteiger partial charge in [-0.2, -0.15) is 0 Å². The lowest BCUT2D eigenvalue weighted by atomic mass is 9.95. The minimum absolute atomic E-state index is 0.140. The molecule has 0 aliphatic rings. The molecule has 3 N–H and O–H groups in total. The van der Waals surface area contributed by atoms with Crippen LogP contribution < -0.4 is 5.32 Å². The number of ether oxygens (including phenoxy) is 1. The maximum absolute atomic E-state index is 12.6. The Balaban J connectivity index is 1.44. The number of carboxylic acid groups (broad SMARTS) is 1. The first-order valence-corrected chi connectivity index (χ1v) is 10.8. The molecule has 0 saturated carbocycles. The van der Waals surface area contributed by atoms with E-state index in [1.807, 2.05) is 78.9 Å². The Labute approximate surface area is 192 Å². The smallest absolute Gasteiger partial charge is 0.408 e. The Morgan fingerprint density at radius 2 is 1.58 bits per heavy atom. The molecule has 6 heteroatoms. The fourth-order valence-electron chi connectivity index (χ4n) is 3.88. The zero-order valence-electron chi connectivity index (χ0n) is 18.5. The number of aromatic amines is 1. The number of hydrogen-bond donors (Lipinski definition) is 3. The van der Waals surface area contributed by atoms with Gasteiger partial charge in [0.05, 0.1) is 0 Å². The molecule has 1 amide bonds. The number of H-pyrrole nitrogens is 1. The van der Waals surface area contributed by atoms with Gasteiger partial charge in [-0.25, -0.2) is 9.59 Å². The molecule has 0 fully saturated rings. The Morgan fingerprint density at radius 3 is 2.27 bits per heavy atom. The van der Waals surface area contributed by atoms with Gasteiger partial charge in [0, 0.05) is 23.5 Å². The molecule has 0 bridgehead atoms. The zero-order valence-corrected chi connectivity index (χ0v) is 18.5. The number of rotatable bonds is 7. The van der Waals surface area contributed by atoms with E-state index in [0.29, 0.717) is 0 Å². The summed E-state index contributed by atoms with van der Waals surface area (Å²) in [7, 11) is 0. The van der Waals surface area contributed by atoms with Gasteiger partial charge < -0.3 is 20.1 Å². The summed E-state index contributed by atoms with van der Waals surface area (Å²) in [6.07, 6.45) is 1.13. The van der Waals surface area contributed by atoms with Crippen LogP contribution in [0, 0.1) is 0 Å². The van der Waals surface area contributed by atoms with Crippen molar-refractivity contribution in [2.24, 2.45) is 0 Å². The lowest BCUT2D eigenvalue weighted by molar-refractivity contribution is -0.139. The van der Waals surface area contributed by atoms with Crippen molar-refractivity contribution in [1.29, 1.82) is 0 Å². The van der Waals surface area contributed by atoms with E-state index in [-0.39, 0.29) is 6.42 Å². The number of carboxylic acids is 1. The second kappa shape index (κ2) is 9.20. The van der Waals surface area contributed by atoms with Crippen LogP contribution in [-0.2, 0) is 21.6 Å². The Hall–Kier alpha value is -4.06. The first-order chi connectivity index (χ1) is 15.8. The van der Waals surface area contributed by atoms with Gasteiger partial charge in [-0.3, -0.25) is 0 Å². The van der Waals surface area contributed by atoms with E-state index in [9.17, 15) is 14.7 Å². The lowest BCUT2D eigenvalue weighted by Gasteiger charge is -2.27. The van der Waals surface area contributed by atoms with Crippen molar-refractivity contribution >= 4 is 23.0 Å². The van der Waals surface area contributed by atoms with Crippen LogP contribution in [0.5, 0.6) is 0 Å². The van der Waals surface area contributed by atoms with Crippen LogP contribution in [0.1, 0.15) is 25.0 Å². The van der Waals surface area contributed by atoms with Crippen LogP contribution >= 0.6 is 0 Å². The number of aliphatic carboxylic acids is 1. The summed E-state index contributed by atoms with van der Waals surface area (Å²) in [5.74, 6) is -1.12. The number of alkyl carbamates (subject to hydrolysis) is 1. The molecule has 168 valence electrons. The van der Waals surface area contributed by atoms with Crippen molar-refractivity contribution in [1.82, 2.24) is 10.3 Å². The number of carbonyl (C=O) groups is 2. The maximum Gasteiger partial charge on any atom is 0.408 e. The van der Waals surface area contributed by atoms with Crippen molar-refractivity contribution in [3.05, 3.63) is 96.2 Å². The minimum atomic E-state index is -1.12. The Bertz CT molecular complexity index is 1260. The SMILES string of the molecule is CC(C)(OC(=O)NC(Cc1c[nH]c2ccccc12)C(=O)O)c1ccc(-c2ccccc2)cc1. The van der Waals surface area contributed by atoms with Gasteiger partial charge in [0.1, 0.15) is 11.6 Å². The molecule has 4 rings (SSSR count). The molecule has 0 radical (unpaired) electrons. The van der Waals surface area contributed by atoms with E-state index in [1.165, 1.54) is 0 Å². The number of amides is 1. The molecule has 1 aromatic heterocycles. The standard InChI is InChI=1S/C27H26N2O4/c1-27(2,21-14-12-19(13-15-21)18-8-4-3-5-9-18)33-26(32)29-24(25(30)31)16-20-17-28-23-11-7-6-10-22(20)23/h3-15,17,24,28H,16H2,1-2H3,(H,29,32)(H,30,31). The molecule has 0 aliphatic heterocycles. The lowest BCUT2D eigenvalue weighted by Crippen LogP contribution is -2.44. The van der Waals surface area contributed by atoms with Crippen molar-refractivity contribution in [3.8, 4) is 11.1 Å². The fraction of sp³-hybridized carbons (Fsp3) is 0.185. The van der Waals surface area contributed by atoms with E-state index < -0.39 is 23.7 Å². The number of carbonyl (C=O) groups excluding carboxylic acids is 1. The average Bonchev–Trinajstić information content (AvgIpc) is 3.22. The number of aromatic nitrogens is 1. The van der Waals surface area contributed by atoms with Gasteiger partial charge in [0.2, 0.25) is 0 Å². The summed E-state index contributed by atoms with van der Waals surface area (Å²) < 4.78 is 5.64. The van der Waals surface area contributed by atoms with Gasteiger partial charge in [-0.1, -0.05) is 72.8 Å². The van der Waals surface area contributed by atoms with Gasteiger partial charge in [0.15, 0.2) is 0 Å². The molecule has 0 spiro atoms. The summed E-state index contributed by atoms with van der Waals surface area (Å²) in [5, 5.41) is 13.1. The third-order valence-electron chi connectivity index (χ3n) is 5.72. The first kappa shape index (κ1) is 22.1. The minimum Gasteiger partial charge on any atom is -0.480 e. The highest BCUT2D eigenvalue weighted by Crippen LogP contribution is 2.28. The summed E-state index contributed by atoms with van der Waals surface area (Å²) in [5.41, 5.74) is 3.75. The predicted octanol–water partition coefficient (Wildman–Crippen LogP) is 5.49. The van der Waals surface area contributed by atoms with Gasteiger partial charge >= 0.3 is 12.1 Å². The van der Waals surface area contributed by atoms with E-state index in [0.717, 1.165) is 33.2 Å². The molecule has 1 unspecified atom stereocenters. The topological polar surface area (TPSA) is 91.4 Å². The fourth-order valence-corrected chi connectivity index (χ4v) is 3.88. The molecule has 4 aromatic rings. The normalized spacial score (nSPS) is 12.3. The van der Waals surface area contributed by atoms with Crippen LogP contribution in [0.4, 0.5) is 4.79 Å². The summed E-state index contributed by atoms with van der Waals surface area (Å²) in [6, 6.07) is 24.3. The highest BCUT2D eigenvalue weighted by molar-refractivity contribution is 5.85. The van der Waals surface area contributed by atoms with E-state index in [2.05, 4.69) is 10.3 Å². The molecule has 3 aromatic carbocycles. The Morgan fingerprint density at radius 1 is 0.939 bits per heavy atom. The number of fused-ring (bicyclic) bond motifs is 1. The number of para-hydroxylation sites is 1. The molecule has 0 aliphatic carbocycles. The predicted molar refractivity (Wildman–Crippen MR) is 128 cm³/mol. The monoisotopic (exact) mass is 442 g/mol. The second-order valence-corrected chi connectivity index (χ2v) is 8.44. The second-order valence-electron chi connectivity index (χ2n) is 8.44. The quantitative estimate of drug-likeness (QED) is 0.353. The van der Waals surface area contributed by atoms with Crippen molar-refractivity contribution in [3.63, 3.8) is 0 Å². The van der Waals surface area contributed by atoms with Gasteiger partial charge in [-0.05, 0) is 42.2 Å². The highest BCUT2D eigenvalue weighted by Gasteiger charge is 2.29. The molecule has 0 saturated heterocycles. The molecular weight excluding hydrogens is 416 g/mol. The zero-order chi connectivity index (χ0) is 23.4. The van der Waals surface area contributed by atoms with Crippen molar-refractivity contribution in [2.75, 3.05) is 0 Å². The number of nitrogens with one attached hydrogen (secondary N) is 2. The Kier molecular flexibility index (Phi) is 6.18. The van der Waals surface area contributed by atoms with Crippen LogP contribution in [0.15, 0.2) is 85.1 Å². The van der Waals surface area contributed by atoms with Crippen LogP contribution in [0.2, 0.25) is 0 Å². The number of benzene rings is 3. The van der Waals surface area contributed by atoms with Crippen molar-refractivity contribution in [2.45, 2.75) is 31.9 Å². The molecular formula is C27H26N2O4. The largest absolute Gasteiger partial charge is 0.480 e. The third-order valence-corrected chi connectivity index (χ3v) is 5.72. The molecule has 1 atom stereocenters. The van der Waals surface area contributed by atoms with Gasteiger partial charge in [-0.15, -0.1) is 0 Å². The van der Waals surface area contributed by atoms with E-state index >= 15 is 0 Å². The van der Waals surface area contributed by atoms with Crippen LogP contribution in [0.3, 0.4) is 0 Å². The summed E-state index contributed by atoms with van der Waals surface area (Å²) in [4.78, 5) is 27.6. The first-order valence-electron chi connectivity index (χ1n) is 10.8. The third kappa shape index (κ3) is 5.06. The molecule has 6 nitrogen and oxygen atoms in total. The molecule has 1 heterocycles. The summed E-state index contributed by atoms with van der Waals surface area (Å²) >= 11 is 0. The van der Waals surface area contributed by atoms with E-state index in [4.69, 9.17) is 4.74 Å². The molecule has 33 heavy (non-hydrogen) atoms. The summed E-state index contributed by atoms with van der Waals surface area (Å²) in [6.45, 7) is 3.55. The van der Waals surface area contributed by atoms with Crippen LogP contribution in [0.25, 0.3) is 22.0 Å². The number of hydrogen-bond acceptors (Lipinski definition) is 3. The van der Waals surface area contributed by atoms with Crippen LogP contribution in [-0.4, -0.2) is 28.2 Å². The van der Waals surface area contributed by atoms with Gasteiger partial charge in [0.25, 0.3) is 0 Å².